The van der Waals surface area contributed by atoms with E-state index in [-0.39, 0.29) is 0 Å². The Morgan fingerprint density at radius 2 is 1.72 bits per heavy atom. The van der Waals surface area contributed by atoms with Crippen molar-refractivity contribution in [1.29, 1.82) is 0 Å². The Morgan fingerprint density at radius 3 is 2.32 bits per heavy atom. The maximum Gasteiger partial charge on any atom is 0.191 e. The van der Waals surface area contributed by atoms with Gasteiger partial charge in [-0.15, -0.1) is 0 Å². The van der Waals surface area contributed by atoms with Crippen LogP contribution in [-0.4, -0.2) is 49.2 Å². The van der Waals surface area contributed by atoms with Crippen LogP contribution in [-0.2, 0) is 17.8 Å². The second-order valence-electron chi connectivity index (χ2n) is 6.89. The Balaban J connectivity index is 1.88. The zero-order chi connectivity index (χ0) is 18.1. The fourth-order valence-electron chi connectivity index (χ4n) is 3.18. The molecule has 0 aliphatic carbocycles. The van der Waals surface area contributed by atoms with E-state index >= 15 is 0 Å². The van der Waals surface area contributed by atoms with Crippen LogP contribution < -0.4 is 10.6 Å². The molecule has 2 N–H and O–H groups in total. The number of guanidine groups is 1. The molecule has 140 valence electrons. The van der Waals surface area contributed by atoms with Gasteiger partial charge in [0.25, 0.3) is 0 Å². The van der Waals surface area contributed by atoms with E-state index < -0.39 is 0 Å². The summed E-state index contributed by atoms with van der Waals surface area (Å²) in [6.07, 6.45) is 1.73. The van der Waals surface area contributed by atoms with Crippen LogP contribution in [0.1, 0.15) is 45.2 Å². The Kier molecular flexibility index (Phi) is 8.22. The fraction of sp³-hybridized carbons (Fsp3) is 0.650. The van der Waals surface area contributed by atoms with E-state index in [9.17, 15) is 0 Å². The van der Waals surface area contributed by atoms with E-state index in [4.69, 9.17) is 4.74 Å². The number of ether oxygens (including phenoxy) is 1. The minimum absolute atomic E-state index is 0.317. The molecule has 0 aromatic heterocycles. The topological polar surface area (TPSA) is 48.9 Å². The predicted octanol–water partition coefficient (Wildman–Crippen LogP) is 2.76. The van der Waals surface area contributed by atoms with Crippen LogP contribution in [0.15, 0.2) is 29.3 Å². The quantitative estimate of drug-likeness (QED) is 0.589. The van der Waals surface area contributed by atoms with Crippen molar-refractivity contribution in [2.45, 2.75) is 59.4 Å². The molecular formula is C20H34N4O. The van der Waals surface area contributed by atoms with Crippen LogP contribution in [0.3, 0.4) is 0 Å². The highest BCUT2D eigenvalue weighted by molar-refractivity contribution is 5.79. The smallest absolute Gasteiger partial charge is 0.191 e. The molecule has 0 bridgehead atoms. The molecule has 0 spiro atoms. The molecule has 1 aromatic rings. The van der Waals surface area contributed by atoms with Crippen molar-refractivity contribution in [3.8, 4) is 0 Å². The summed E-state index contributed by atoms with van der Waals surface area (Å²) in [6, 6.07) is 8.83. The number of nitrogens with one attached hydrogen (secondary N) is 2. The average molecular weight is 347 g/mol. The zero-order valence-electron chi connectivity index (χ0n) is 16.2. The monoisotopic (exact) mass is 346 g/mol. The molecule has 1 aliphatic rings. The first-order valence-corrected chi connectivity index (χ1v) is 9.58. The SMILES string of the molecule is CCCNC(=NCc1ccc(CN2CC(C)OC(C)C2)cc1)NCC. The molecule has 1 saturated heterocycles. The zero-order valence-corrected chi connectivity index (χ0v) is 16.2. The lowest BCUT2D eigenvalue weighted by Gasteiger charge is -2.35. The first-order valence-electron chi connectivity index (χ1n) is 9.58. The van der Waals surface area contributed by atoms with Gasteiger partial charge in [0.15, 0.2) is 5.96 Å². The van der Waals surface area contributed by atoms with Gasteiger partial charge in [0.1, 0.15) is 0 Å². The van der Waals surface area contributed by atoms with Crippen molar-refractivity contribution in [3.63, 3.8) is 0 Å². The van der Waals surface area contributed by atoms with Crippen LogP contribution in [0.4, 0.5) is 0 Å². The van der Waals surface area contributed by atoms with E-state index in [1.165, 1.54) is 11.1 Å². The van der Waals surface area contributed by atoms with Crippen LogP contribution in [0.2, 0.25) is 0 Å². The summed E-state index contributed by atoms with van der Waals surface area (Å²) >= 11 is 0. The maximum atomic E-state index is 5.81. The largest absolute Gasteiger partial charge is 0.373 e. The predicted molar refractivity (Wildman–Crippen MR) is 105 cm³/mol. The van der Waals surface area contributed by atoms with Gasteiger partial charge in [-0.05, 0) is 38.3 Å². The highest BCUT2D eigenvalue weighted by Gasteiger charge is 2.21. The number of hydrogen-bond acceptors (Lipinski definition) is 3. The van der Waals surface area contributed by atoms with Gasteiger partial charge in [0.05, 0.1) is 18.8 Å². The van der Waals surface area contributed by atoms with Gasteiger partial charge in [-0.3, -0.25) is 4.90 Å². The number of rotatable bonds is 7. The lowest BCUT2D eigenvalue weighted by atomic mass is 10.1. The van der Waals surface area contributed by atoms with Crippen LogP contribution >= 0.6 is 0 Å². The van der Waals surface area contributed by atoms with Gasteiger partial charge in [-0.1, -0.05) is 31.2 Å². The minimum atomic E-state index is 0.317. The van der Waals surface area contributed by atoms with Crippen molar-refractivity contribution >= 4 is 5.96 Å². The van der Waals surface area contributed by atoms with Gasteiger partial charge in [0, 0.05) is 32.7 Å². The number of morpholine rings is 1. The highest BCUT2D eigenvalue weighted by Crippen LogP contribution is 2.15. The first kappa shape index (κ1) is 19.7. The van der Waals surface area contributed by atoms with Gasteiger partial charge in [-0.25, -0.2) is 4.99 Å². The molecule has 0 radical (unpaired) electrons. The van der Waals surface area contributed by atoms with Crippen molar-refractivity contribution in [2.75, 3.05) is 26.2 Å². The Hall–Kier alpha value is -1.59. The molecule has 5 nitrogen and oxygen atoms in total. The number of hydrogen-bond donors (Lipinski definition) is 2. The standard InChI is InChI=1S/C20H34N4O/c1-5-11-22-20(21-6-2)23-12-18-7-9-19(10-8-18)15-24-13-16(3)25-17(4)14-24/h7-10,16-17H,5-6,11-15H2,1-4H3,(H2,21,22,23). The Bertz CT molecular complexity index is 519. The number of benzene rings is 1. The van der Waals surface area contributed by atoms with Crippen molar-refractivity contribution in [2.24, 2.45) is 4.99 Å². The molecule has 2 rings (SSSR count). The highest BCUT2D eigenvalue weighted by atomic mass is 16.5. The summed E-state index contributed by atoms with van der Waals surface area (Å²) in [5.74, 6) is 0.893. The van der Waals surface area contributed by atoms with Gasteiger partial charge in [0.2, 0.25) is 0 Å². The van der Waals surface area contributed by atoms with E-state index in [2.05, 4.69) is 72.5 Å². The minimum Gasteiger partial charge on any atom is -0.373 e. The molecule has 2 unspecified atom stereocenters. The normalized spacial score (nSPS) is 22.0. The van der Waals surface area contributed by atoms with E-state index in [1.807, 2.05) is 0 Å². The lowest BCUT2D eigenvalue weighted by Crippen LogP contribution is -2.44. The number of nitrogens with zero attached hydrogens (tertiary/aromatic N) is 2. The second kappa shape index (κ2) is 10.4. The summed E-state index contributed by atoms with van der Waals surface area (Å²) < 4.78 is 5.81. The maximum absolute atomic E-state index is 5.81. The van der Waals surface area contributed by atoms with Crippen LogP contribution in [0.25, 0.3) is 0 Å². The summed E-state index contributed by atoms with van der Waals surface area (Å²) in [6.45, 7) is 14.1. The Labute approximate surface area is 152 Å². The third-order valence-electron chi connectivity index (χ3n) is 4.23. The van der Waals surface area contributed by atoms with E-state index in [0.29, 0.717) is 18.8 Å². The summed E-state index contributed by atoms with van der Waals surface area (Å²) in [7, 11) is 0. The van der Waals surface area contributed by atoms with Crippen molar-refractivity contribution < 1.29 is 4.74 Å². The number of aliphatic imine (C=N–C) groups is 1. The fourth-order valence-corrected chi connectivity index (χ4v) is 3.18. The molecule has 0 amide bonds. The molecule has 2 atom stereocenters. The molecule has 1 aliphatic heterocycles. The summed E-state index contributed by atoms with van der Waals surface area (Å²) in [5.41, 5.74) is 2.59. The molecule has 1 heterocycles. The average Bonchev–Trinajstić information content (AvgIpc) is 2.58. The second-order valence-corrected chi connectivity index (χ2v) is 6.89. The molecule has 5 heteroatoms. The van der Waals surface area contributed by atoms with E-state index in [0.717, 1.165) is 45.1 Å². The van der Waals surface area contributed by atoms with Crippen molar-refractivity contribution in [3.05, 3.63) is 35.4 Å². The summed E-state index contributed by atoms with van der Waals surface area (Å²) in [5, 5.41) is 6.62. The Morgan fingerprint density at radius 1 is 1.08 bits per heavy atom. The van der Waals surface area contributed by atoms with Crippen LogP contribution in [0.5, 0.6) is 0 Å². The third kappa shape index (κ3) is 7.04. The molecule has 0 saturated carbocycles. The third-order valence-corrected chi connectivity index (χ3v) is 4.23. The molecule has 1 fully saturated rings. The van der Waals surface area contributed by atoms with Crippen LogP contribution in [0, 0.1) is 0 Å². The molecule has 1 aromatic carbocycles. The van der Waals surface area contributed by atoms with Gasteiger partial charge in [-0.2, -0.15) is 0 Å². The summed E-state index contributed by atoms with van der Waals surface area (Å²) in [4.78, 5) is 7.13. The van der Waals surface area contributed by atoms with Crippen molar-refractivity contribution in [1.82, 2.24) is 15.5 Å². The van der Waals surface area contributed by atoms with Gasteiger partial charge < -0.3 is 15.4 Å². The van der Waals surface area contributed by atoms with E-state index in [1.54, 1.807) is 0 Å². The first-order chi connectivity index (χ1) is 12.1. The lowest BCUT2D eigenvalue weighted by molar-refractivity contribution is -0.0704. The molecular weight excluding hydrogens is 312 g/mol. The molecule has 25 heavy (non-hydrogen) atoms. The van der Waals surface area contributed by atoms with Gasteiger partial charge >= 0.3 is 0 Å².